The highest BCUT2D eigenvalue weighted by molar-refractivity contribution is 14.1. The van der Waals surface area contributed by atoms with Crippen molar-refractivity contribution < 1.29 is 24.1 Å². The fourth-order valence-corrected chi connectivity index (χ4v) is 6.62. The lowest BCUT2D eigenvalue weighted by Crippen LogP contribution is -2.39. The van der Waals surface area contributed by atoms with Gasteiger partial charge in [0.05, 0.1) is 32.0 Å². The lowest BCUT2D eigenvalue weighted by molar-refractivity contribution is -0.139. The normalized spacial score (nSPS) is 16.8. The molecule has 0 aliphatic carbocycles. The number of halogens is 2. The van der Waals surface area contributed by atoms with Crippen LogP contribution in [0.25, 0.3) is 6.08 Å². The van der Waals surface area contributed by atoms with Crippen molar-refractivity contribution in [2.45, 2.75) is 19.9 Å². The summed E-state index contributed by atoms with van der Waals surface area (Å²) in [6, 6.07) is 8.08. The van der Waals surface area contributed by atoms with Crippen molar-refractivity contribution in [3.05, 3.63) is 80.5 Å². The summed E-state index contributed by atoms with van der Waals surface area (Å²) in [6.45, 7) is 3.75. The van der Waals surface area contributed by atoms with E-state index in [1.807, 2.05) is 22.6 Å². The van der Waals surface area contributed by atoms with E-state index in [0.717, 1.165) is 4.47 Å². The number of esters is 1. The van der Waals surface area contributed by atoms with E-state index in [4.69, 9.17) is 14.2 Å². The first-order valence-electron chi connectivity index (χ1n) is 10.6. The first-order valence-corrected chi connectivity index (χ1v) is 13.2. The first kappa shape index (κ1) is 24.1. The summed E-state index contributed by atoms with van der Waals surface area (Å²) in [4.78, 5) is 31.7. The Balaban J connectivity index is 1.75. The van der Waals surface area contributed by atoms with Crippen LogP contribution in [0.3, 0.4) is 0 Å². The summed E-state index contributed by atoms with van der Waals surface area (Å²) in [5.74, 6) is 0.677. The molecule has 0 unspecified atom stereocenters. The number of hydrogen-bond acceptors (Lipinski definition) is 8. The van der Waals surface area contributed by atoms with Crippen LogP contribution in [0.2, 0.25) is 0 Å². The highest BCUT2D eigenvalue weighted by Crippen LogP contribution is 2.38. The molecule has 0 saturated heterocycles. The number of thiazole rings is 1. The number of allylic oxidation sites excluding steroid dienone is 1. The van der Waals surface area contributed by atoms with Gasteiger partial charge < -0.3 is 19.3 Å². The minimum atomic E-state index is -0.766. The second-order valence-electron chi connectivity index (χ2n) is 7.74. The van der Waals surface area contributed by atoms with Gasteiger partial charge in [-0.15, -0.1) is 0 Å². The van der Waals surface area contributed by atoms with Crippen LogP contribution in [0.5, 0.6) is 17.2 Å². The zero-order valence-electron chi connectivity index (χ0n) is 18.5. The summed E-state index contributed by atoms with van der Waals surface area (Å²) in [7, 11) is 0. The third-order valence-corrected chi connectivity index (χ3v) is 7.84. The number of aromatic hydroxyl groups is 1. The van der Waals surface area contributed by atoms with Crippen molar-refractivity contribution in [3.63, 3.8) is 0 Å². The van der Waals surface area contributed by atoms with Crippen molar-refractivity contribution in [1.82, 2.24) is 4.57 Å². The molecule has 2 aliphatic rings. The molecular weight excluding hydrogens is 651 g/mol. The summed E-state index contributed by atoms with van der Waals surface area (Å²) < 4.78 is 19.6. The zero-order chi connectivity index (χ0) is 24.9. The molecule has 0 spiro atoms. The maximum atomic E-state index is 13.7. The number of aromatic nitrogens is 1. The van der Waals surface area contributed by atoms with E-state index in [9.17, 15) is 14.7 Å². The Kier molecular flexibility index (Phi) is 6.49. The van der Waals surface area contributed by atoms with E-state index in [1.165, 1.54) is 15.9 Å². The summed E-state index contributed by atoms with van der Waals surface area (Å²) in [5, 5.41) is 10.5. The van der Waals surface area contributed by atoms with E-state index in [-0.39, 0.29) is 30.3 Å². The van der Waals surface area contributed by atoms with Crippen molar-refractivity contribution in [2.24, 2.45) is 4.99 Å². The highest BCUT2D eigenvalue weighted by atomic mass is 127. The molecule has 1 atom stereocenters. The molecule has 0 radical (unpaired) electrons. The monoisotopic (exact) mass is 668 g/mol. The Morgan fingerprint density at radius 3 is 2.89 bits per heavy atom. The first-order chi connectivity index (χ1) is 16.8. The van der Waals surface area contributed by atoms with E-state index < -0.39 is 12.0 Å². The summed E-state index contributed by atoms with van der Waals surface area (Å²) >= 11 is 6.65. The van der Waals surface area contributed by atoms with Gasteiger partial charge in [0.15, 0.2) is 16.3 Å². The van der Waals surface area contributed by atoms with Gasteiger partial charge >= 0.3 is 5.97 Å². The molecule has 8 nitrogen and oxygen atoms in total. The predicted molar refractivity (Wildman–Crippen MR) is 141 cm³/mol. The van der Waals surface area contributed by atoms with Crippen molar-refractivity contribution in [2.75, 3.05) is 13.4 Å². The second kappa shape index (κ2) is 9.43. The lowest BCUT2D eigenvalue weighted by atomic mass is 9.95. The number of rotatable bonds is 4. The van der Waals surface area contributed by atoms with Gasteiger partial charge in [-0.1, -0.05) is 33.3 Å². The third-order valence-electron chi connectivity index (χ3n) is 5.57. The minimum Gasteiger partial charge on any atom is -0.506 e. The number of carbonyl (C=O) groups is 1. The van der Waals surface area contributed by atoms with Gasteiger partial charge in [0, 0.05) is 10.0 Å². The van der Waals surface area contributed by atoms with Crippen LogP contribution in [-0.2, 0) is 9.53 Å². The predicted octanol–water partition coefficient (Wildman–Crippen LogP) is 3.60. The van der Waals surface area contributed by atoms with Gasteiger partial charge in [-0.05, 0) is 72.3 Å². The Morgan fingerprint density at radius 2 is 2.11 bits per heavy atom. The molecule has 0 saturated carbocycles. The number of nitrogens with zero attached hydrogens (tertiary/aromatic N) is 2. The smallest absolute Gasteiger partial charge is 0.338 e. The molecule has 5 rings (SSSR count). The third kappa shape index (κ3) is 4.29. The van der Waals surface area contributed by atoms with E-state index in [0.29, 0.717) is 41.2 Å². The molecule has 3 heterocycles. The number of ether oxygens (including phenoxy) is 3. The summed E-state index contributed by atoms with van der Waals surface area (Å²) in [5.41, 5.74) is 1.58. The molecule has 3 aromatic rings. The van der Waals surface area contributed by atoms with Crippen molar-refractivity contribution >= 4 is 61.9 Å². The molecule has 0 bridgehead atoms. The van der Waals surface area contributed by atoms with Crippen LogP contribution in [0.1, 0.15) is 31.0 Å². The molecule has 35 heavy (non-hydrogen) atoms. The molecule has 180 valence electrons. The molecular formula is C24H18BrIN2O6S. The Bertz CT molecular complexity index is 1590. The maximum absolute atomic E-state index is 13.7. The Labute approximate surface area is 225 Å². The molecule has 2 aromatic carbocycles. The van der Waals surface area contributed by atoms with Gasteiger partial charge in [-0.2, -0.15) is 0 Å². The number of hydrogen-bond donors (Lipinski definition) is 1. The fraction of sp³-hybridized carbons (Fsp3) is 0.208. The van der Waals surface area contributed by atoms with Crippen LogP contribution in [-0.4, -0.2) is 29.0 Å². The quantitative estimate of drug-likeness (QED) is 0.337. The van der Waals surface area contributed by atoms with E-state index in [2.05, 4.69) is 20.9 Å². The van der Waals surface area contributed by atoms with Gasteiger partial charge in [-0.3, -0.25) is 9.36 Å². The van der Waals surface area contributed by atoms with Crippen molar-refractivity contribution in [3.8, 4) is 17.2 Å². The summed E-state index contributed by atoms with van der Waals surface area (Å²) in [6.07, 6.45) is 1.63. The molecule has 0 fully saturated rings. The SMILES string of the molecule is CCOC(=O)C1=C(C)N=c2s/c(=C\c3cc(Br)cc(I)c3O)c(=O)n2[C@@H]1c1ccc2c(c1)OCO2. The fourth-order valence-electron chi connectivity index (χ4n) is 4.03. The van der Waals surface area contributed by atoms with Crippen LogP contribution in [0, 0.1) is 3.57 Å². The second-order valence-corrected chi connectivity index (χ2v) is 10.8. The Morgan fingerprint density at radius 1 is 1.34 bits per heavy atom. The molecule has 1 N–H and O–H groups in total. The molecule has 2 aliphatic heterocycles. The topological polar surface area (TPSA) is 99.4 Å². The lowest BCUT2D eigenvalue weighted by Gasteiger charge is -2.24. The van der Waals surface area contributed by atoms with Crippen LogP contribution < -0.4 is 24.4 Å². The number of benzene rings is 2. The minimum absolute atomic E-state index is 0.0790. The Hall–Kier alpha value is -2.64. The number of carbonyl (C=O) groups excluding carboxylic acids is 1. The zero-order valence-corrected chi connectivity index (χ0v) is 23.1. The van der Waals surface area contributed by atoms with Gasteiger partial charge in [0.1, 0.15) is 5.75 Å². The molecule has 11 heteroatoms. The average molecular weight is 669 g/mol. The van der Waals surface area contributed by atoms with Crippen LogP contribution in [0.15, 0.2) is 55.9 Å². The maximum Gasteiger partial charge on any atom is 0.338 e. The standard InChI is InChI=1S/C24H18BrIN2O6S/c1-3-32-23(31)19-11(2)27-24-28(20(19)12-4-5-16-17(7-12)34-10-33-16)22(30)18(35-24)8-13-6-14(25)9-15(26)21(13)29/h4-9,20,29H,3,10H2,1-2H3/b18-8-/t20-/m1/s1. The van der Waals surface area contributed by atoms with Crippen LogP contribution in [0.4, 0.5) is 0 Å². The van der Waals surface area contributed by atoms with E-state index >= 15 is 0 Å². The number of phenolic OH excluding ortho intramolecular Hbond substituents is 1. The van der Waals surface area contributed by atoms with E-state index in [1.54, 1.807) is 50.3 Å². The number of phenols is 1. The van der Waals surface area contributed by atoms with Crippen LogP contribution >= 0.6 is 49.9 Å². The van der Waals surface area contributed by atoms with Gasteiger partial charge in [0.25, 0.3) is 5.56 Å². The average Bonchev–Trinajstić information content (AvgIpc) is 3.40. The van der Waals surface area contributed by atoms with Crippen molar-refractivity contribution in [1.29, 1.82) is 0 Å². The molecule has 1 aromatic heterocycles. The molecule has 0 amide bonds. The van der Waals surface area contributed by atoms with Gasteiger partial charge in [0.2, 0.25) is 6.79 Å². The largest absolute Gasteiger partial charge is 0.506 e. The highest BCUT2D eigenvalue weighted by Gasteiger charge is 2.34. The van der Waals surface area contributed by atoms with Gasteiger partial charge in [-0.25, -0.2) is 9.79 Å². The number of fused-ring (bicyclic) bond motifs is 2.